The summed E-state index contributed by atoms with van der Waals surface area (Å²) in [5, 5.41) is 10.3. The molecule has 0 N–H and O–H groups in total. The first-order chi connectivity index (χ1) is 16.0. The van der Waals surface area contributed by atoms with Gasteiger partial charge >= 0.3 is 0 Å². The van der Waals surface area contributed by atoms with E-state index >= 15 is 0 Å². The van der Waals surface area contributed by atoms with Crippen molar-refractivity contribution in [3.63, 3.8) is 0 Å². The van der Waals surface area contributed by atoms with Gasteiger partial charge in [-0.25, -0.2) is 9.38 Å². The summed E-state index contributed by atoms with van der Waals surface area (Å²) in [5.74, 6) is 1.65. The largest absolute Gasteiger partial charge is 0.338 e. The molecule has 5 rings (SSSR count). The van der Waals surface area contributed by atoms with Gasteiger partial charge in [0.05, 0.1) is 11.4 Å². The Morgan fingerprint density at radius 1 is 1.15 bits per heavy atom. The summed E-state index contributed by atoms with van der Waals surface area (Å²) in [6, 6.07) is 15.8. The third-order valence-electron chi connectivity index (χ3n) is 6.55. The van der Waals surface area contributed by atoms with E-state index < -0.39 is 0 Å². The first-order valence-electron chi connectivity index (χ1n) is 11.4. The van der Waals surface area contributed by atoms with E-state index in [4.69, 9.17) is 16.6 Å². The third-order valence-corrected chi connectivity index (χ3v) is 6.78. The molecule has 1 aliphatic heterocycles. The van der Waals surface area contributed by atoms with Crippen molar-refractivity contribution in [3.05, 3.63) is 64.9 Å². The molecule has 1 aliphatic rings. The second-order valence-electron chi connectivity index (χ2n) is 8.68. The fourth-order valence-corrected chi connectivity index (χ4v) is 5.00. The third kappa shape index (κ3) is 3.80. The van der Waals surface area contributed by atoms with Gasteiger partial charge in [-0.05, 0) is 44.0 Å². The van der Waals surface area contributed by atoms with Gasteiger partial charge in [-0.15, -0.1) is 10.2 Å². The molecule has 1 saturated heterocycles. The summed E-state index contributed by atoms with van der Waals surface area (Å²) in [5.41, 5.74) is 2.64. The molecule has 2 atom stereocenters. The number of fused-ring (bicyclic) bond motifs is 3. The number of halogens is 1. The topological polar surface area (TPSA) is 66.6 Å². The highest BCUT2D eigenvalue weighted by Gasteiger charge is 2.33. The molecule has 0 saturated carbocycles. The van der Waals surface area contributed by atoms with E-state index in [0.717, 1.165) is 40.3 Å². The second-order valence-corrected chi connectivity index (χ2v) is 9.11. The molecule has 4 aromatic rings. The highest BCUT2D eigenvalue weighted by atomic mass is 35.5. The van der Waals surface area contributed by atoms with Gasteiger partial charge in [-0.2, -0.15) is 0 Å². The average molecular weight is 463 g/mol. The Balaban J connectivity index is 1.45. The van der Waals surface area contributed by atoms with Crippen molar-refractivity contribution in [1.29, 1.82) is 0 Å². The molecule has 0 bridgehead atoms. The Hall–Kier alpha value is -3.19. The second kappa shape index (κ2) is 8.63. The van der Waals surface area contributed by atoms with Crippen LogP contribution in [0.3, 0.4) is 0 Å². The standard InChI is InChI=1S/C25H27ClN6O/c1-4-20(18-8-6-5-7-9-18)24(33)31-13-12-30(15-16(31)2)25-27-22-14-19(26)10-11-21(22)23-29-28-17(3)32(23)25/h5-11,14,16,20H,4,12-13,15H2,1-3H3/t16-,20+/m0/s1. The van der Waals surface area contributed by atoms with Crippen LogP contribution in [0, 0.1) is 6.92 Å². The van der Waals surface area contributed by atoms with E-state index in [0.29, 0.717) is 24.7 Å². The van der Waals surface area contributed by atoms with Crippen LogP contribution in [0.4, 0.5) is 5.95 Å². The van der Waals surface area contributed by atoms with Gasteiger partial charge in [0.25, 0.3) is 0 Å². The maximum Gasteiger partial charge on any atom is 0.230 e. The first kappa shape index (κ1) is 21.6. The minimum atomic E-state index is -0.118. The molecule has 33 heavy (non-hydrogen) atoms. The number of benzene rings is 2. The van der Waals surface area contributed by atoms with Crippen LogP contribution in [-0.2, 0) is 4.79 Å². The van der Waals surface area contributed by atoms with Gasteiger partial charge in [-0.1, -0.05) is 48.9 Å². The molecule has 2 aromatic carbocycles. The van der Waals surface area contributed by atoms with Crippen LogP contribution in [0.2, 0.25) is 5.02 Å². The summed E-state index contributed by atoms with van der Waals surface area (Å²) in [4.78, 5) is 22.7. The fraction of sp³-hybridized carbons (Fsp3) is 0.360. The predicted octanol–water partition coefficient (Wildman–Crippen LogP) is 4.47. The van der Waals surface area contributed by atoms with Crippen LogP contribution in [0.5, 0.6) is 0 Å². The van der Waals surface area contributed by atoms with Gasteiger partial charge in [0, 0.05) is 36.1 Å². The number of aryl methyl sites for hydroxylation is 1. The van der Waals surface area contributed by atoms with Crippen LogP contribution < -0.4 is 4.90 Å². The molecule has 1 fully saturated rings. The molecule has 0 aliphatic carbocycles. The van der Waals surface area contributed by atoms with Gasteiger partial charge in [0.1, 0.15) is 5.82 Å². The number of hydrogen-bond acceptors (Lipinski definition) is 5. The van der Waals surface area contributed by atoms with Crippen LogP contribution >= 0.6 is 11.6 Å². The predicted molar refractivity (Wildman–Crippen MR) is 131 cm³/mol. The van der Waals surface area contributed by atoms with E-state index in [-0.39, 0.29) is 17.9 Å². The maximum absolute atomic E-state index is 13.5. The zero-order valence-corrected chi connectivity index (χ0v) is 19.8. The Bertz CT molecular complexity index is 1320. The number of anilines is 1. The summed E-state index contributed by atoms with van der Waals surface area (Å²) in [6.07, 6.45) is 0.781. The van der Waals surface area contributed by atoms with Gasteiger partial charge in [0.15, 0.2) is 5.65 Å². The number of carbonyl (C=O) groups excluding carboxylic acids is 1. The van der Waals surface area contributed by atoms with E-state index in [1.807, 2.05) is 64.8 Å². The SMILES string of the molecule is CC[C@@H](C(=O)N1CCN(c2nc3cc(Cl)ccc3c3nnc(C)n23)C[C@@H]1C)c1ccccc1. The number of carbonyl (C=O) groups is 1. The smallest absolute Gasteiger partial charge is 0.230 e. The summed E-state index contributed by atoms with van der Waals surface area (Å²) in [7, 11) is 0. The maximum atomic E-state index is 13.5. The Kier molecular flexibility index (Phi) is 5.66. The molecule has 0 spiro atoms. The van der Waals surface area contributed by atoms with E-state index in [1.54, 1.807) is 0 Å². The number of piperazine rings is 1. The van der Waals surface area contributed by atoms with Crippen molar-refractivity contribution in [1.82, 2.24) is 24.5 Å². The Morgan fingerprint density at radius 3 is 2.67 bits per heavy atom. The van der Waals surface area contributed by atoms with Crippen molar-refractivity contribution in [3.8, 4) is 0 Å². The number of amides is 1. The lowest BCUT2D eigenvalue weighted by molar-refractivity contribution is -0.135. The zero-order valence-electron chi connectivity index (χ0n) is 19.1. The zero-order chi connectivity index (χ0) is 23.1. The fourth-order valence-electron chi connectivity index (χ4n) is 4.84. The summed E-state index contributed by atoms with van der Waals surface area (Å²) >= 11 is 6.24. The normalized spacial score (nSPS) is 17.6. The monoisotopic (exact) mass is 462 g/mol. The molecule has 0 unspecified atom stereocenters. The van der Waals surface area contributed by atoms with Gasteiger partial charge < -0.3 is 9.80 Å². The van der Waals surface area contributed by atoms with E-state index in [2.05, 4.69) is 28.9 Å². The van der Waals surface area contributed by atoms with E-state index in [9.17, 15) is 4.79 Å². The first-order valence-corrected chi connectivity index (χ1v) is 11.8. The highest BCUT2D eigenvalue weighted by molar-refractivity contribution is 6.31. The minimum absolute atomic E-state index is 0.0488. The summed E-state index contributed by atoms with van der Waals surface area (Å²) < 4.78 is 2.00. The molecule has 1 amide bonds. The number of rotatable bonds is 4. The highest BCUT2D eigenvalue weighted by Crippen LogP contribution is 2.29. The summed E-state index contributed by atoms with van der Waals surface area (Å²) in [6.45, 7) is 8.13. The van der Waals surface area contributed by atoms with Crippen molar-refractivity contribution in [2.24, 2.45) is 0 Å². The number of hydrogen-bond donors (Lipinski definition) is 0. The Labute approximate surface area is 198 Å². The van der Waals surface area contributed by atoms with Crippen LogP contribution in [0.15, 0.2) is 48.5 Å². The average Bonchev–Trinajstić information content (AvgIpc) is 3.21. The minimum Gasteiger partial charge on any atom is -0.338 e. The molecule has 0 radical (unpaired) electrons. The number of nitrogens with zero attached hydrogens (tertiary/aromatic N) is 6. The van der Waals surface area contributed by atoms with Crippen molar-refractivity contribution in [2.45, 2.75) is 39.2 Å². The molecule has 170 valence electrons. The van der Waals surface area contributed by atoms with Gasteiger partial charge in [0.2, 0.25) is 11.9 Å². The lowest BCUT2D eigenvalue weighted by atomic mass is 9.94. The molecule has 2 aromatic heterocycles. The van der Waals surface area contributed by atoms with Crippen LogP contribution in [0.1, 0.15) is 37.6 Å². The van der Waals surface area contributed by atoms with E-state index in [1.165, 1.54) is 0 Å². The molecule has 7 nitrogen and oxygen atoms in total. The molecule has 3 heterocycles. The number of aromatic nitrogens is 4. The molecular weight excluding hydrogens is 436 g/mol. The van der Waals surface area contributed by atoms with Crippen LogP contribution in [0.25, 0.3) is 16.6 Å². The lowest BCUT2D eigenvalue weighted by Gasteiger charge is -2.41. The van der Waals surface area contributed by atoms with Crippen molar-refractivity contribution >= 4 is 40.0 Å². The molecular formula is C25H27ClN6O. The Morgan fingerprint density at radius 2 is 1.94 bits per heavy atom. The van der Waals surface area contributed by atoms with Gasteiger partial charge in [-0.3, -0.25) is 4.79 Å². The quantitative estimate of drug-likeness (QED) is 0.447. The molecule has 8 heteroatoms. The van der Waals surface area contributed by atoms with Crippen molar-refractivity contribution in [2.75, 3.05) is 24.5 Å². The lowest BCUT2D eigenvalue weighted by Crippen LogP contribution is -2.55. The van der Waals surface area contributed by atoms with Crippen LogP contribution in [-0.4, -0.2) is 56.1 Å². The van der Waals surface area contributed by atoms with Crippen molar-refractivity contribution < 1.29 is 4.79 Å².